The fourth-order valence-electron chi connectivity index (χ4n) is 1.73. The Hall–Kier alpha value is -0.340. The van der Waals surface area contributed by atoms with Crippen LogP contribution >= 0.6 is 11.3 Å². The fraction of sp³-hybridized carbons (Fsp3) is 0.714. The lowest BCUT2D eigenvalue weighted by Crippen LogP contribution is -2.07. The summed E-state index contributed by atoms with van der Waals surface area (Å²) in [5.74, 6) is 0.755. The quantitative estimate of drug-likeness (QED) is 0.827. The summed E-state index contributed by atoms with van der Waals surface area (Å²) in [6, 6.07) is 4.58. The molecule has 1 nitrogen and oxygen atoms in total. The Morgan fingerprint density at radius 2 is 1.94 bits per heavy atom. The van der Waals surface area contributed by atoms with Crippen LogP contribution < -0.4 is 5.73 Å². The molecule has 1 aromatic heterocycles. The molecule has 2 N–H and O–H groups in total. The third-order valence-corrected chi connectivity index (χ3v) is 4.51. The molecule has 0 radical (unpaired) electrons. The van der Waals surface area contributed by atoms with Crippen molar-refractivity contribution in [2.75, 3.05) is 6.54 Å². The van der Waals surface area contributed by atoms with Crippen LogP contribution in [-0.2, 0) is 11.8 Å². The Morgan fingerprint density at radius 3 is 2.44 bits per heavy atom. The standard InChI is InChI=1S/C14H25NS/c1-11(9-10-15)5-6-12-7-8-13(16-12)14(2,3)4/h7-8,11H,5-6,9-10,15H2,1-4H3. The van der Waals surface area contributed by atoms with Crippen LogP contribution in [0.15, 0.2) is 12.1 Å². The number of nitrogens with two attached hydrogens (primary N) is 1. The van der Waals surface area contributed by atoms with Gasteiger partial charge >= 0.3 is 0 Å². The van der Waals surface area contributed by atoms with Gasteiger partial charge in [0.05, 0.1) is 0 Å². The maximum atomic E-state index is 5.56. The van der Waals surface area contributed by atoms with Gasteiger partial charge in [0.25, 0.3) is 0 Å². The monoisotopic (exact) mass is 239 g/mol. The highest BCUT2D eigenvalue weighted by molar-refractivity contribution is 7.12. The van der Waals surface area contributed by atoms with Gasteiger partial charge in [-0.2, -0.15) is 0 Å². The lowest BCUT2D eigenvalue weighted by Gasteiger charge is -2.15. The molecule has 0 saturated carbocycles. The second kappa shape index (κ2) is 5.83. The van der Waals surface area contributed by atoms with Crippen molar-refractivity contribution in [3.8, 4) is 0 Å². The van der Waals surface area contributed by atoms with E-state index in [1.54, 1.807) is 0 Å². The van der Waals surface area contributed by atoms with Gasteiger partial charge in [0.1, 0.15) is 0 Å². The smallest absolute Gasteiger partial charge is 0.0102 e. The summed E-state index contributed by atoms with van der Waals surface area (Å²) < 4.78 is 0. The molecule has 2 heteroatoms. The van der Waals surface area contributed by atoms with E-state index in [1.165, 1.54) is 22.6 Å². The largest absolute Gasteiger partial charge is 0.330 e. The van der Waals surface area contributed by atoms with E-state index in [1.807, 2.05) is 11.3 Å². The maximum Gasteiger partial charge on any atom is 0.0102 e. The highest BCUT2D eigenvalue weighted by atomic mass is 32.1. The van der Waals surface area contributed by atoms with E-state index in [0.29, 0.717) is 5.41 Å². The van der Waals surface area contributed by atoms with E-state index in [9.17, 15) is 0 Å². The van der Waals surface area contributed by atoms with E-state index in [4.69, 9.17) is 5.73 Å². The van der Waals surface area contributed by atoms with Crippen molar-refractivity contribution >= 4 is 11.3 Å². The average molecular weight is 239 g/mol. The molecule has 0 aliphatic rings. The topological polar surface area (TPSA) is 26.0 Å². The van der Waals surface area contributed by atoms with Crippen molar-refractivity contribution in [2.45, 2.75) is 52.4 Å². The molecule has 92 valence electrons. The molecule has 0 amide bonds. The lowest BCUT2D eigenvalue weighted by atomic mass is 9.95. The summed E-state index contributed by atoms with van der Waals surface area (Å²) in [6.45, 7) is 9.95. The van der Waals surface area contributed by atoms with Crippen LogP contribution in [0.5, 0.6) is 0 Å². The zero-order chi connectivity index (χ0) is 12.2. The molecule has 0 bridgehead atoms. The molecule has 0 aliphatic carbocycles. The van der Waals surface area contributed by atoms with Gasteiger partial charge < -0.3 is 5.73 Å². The van der Waals surface area contributed by atoms with Crippen molar-refractivity contribution in [1.82, 2.24) is 0 Å². The molecule has 1 aromatic rings. The zero-order valence-electron chi connectivity index (χ0n) is 11.0. The van der Waals surface area contributed by atoms with Gasteiger partial charge in [-0.15, -0.1) is 11.3 Å². The van der Waals surface area contributed by atoms with Crippen LogP contribution in [0.25, 0.3) is 0 Å². The first kappa shape index (κ1) is 13.7. The molecule has 0 saturated heterocycles. The molecule has 0 aliphatic heterocycles. The Kier molecular flexibility index (Phi) is 5.00. The minimum absolute atomic E-state index is 0.297. The van der Waals surface area contributed by atoms with E-state index >= 15 is 0 Å². The molecular weight excluding hydrogens is 214 g/mol. The van der Waals surface area contributed by atoms with Gasteiger partial charge in [-0.3, -0.25) is 0 Å². The van der Waals surface area contributed by atoms with Gasteiger partial charge in [0, 0.05) is 9.75 Å². The van der Waals surface area contributed by atoms with E-state index in [-0.39, 0.29) is 0 Å². The molecule has 1 unspecified atom stereocenters. The second-order valence-electron chi connectivity index (χ2n) is 5.74. The third kappa shape index (κ3) is 4.26. The van der Waals surface area contributed by atoms with Crippen LogP contribution in [0.4, 0.5) is 0 Å². The van der Waals surface area contributed by atoms with Gasteiger partial charge in [0.2, 0.25) is 0 Å². The lowest BCUT2D eigenvalue weighted by molar-refractivity contribution is 0.501. The summed E-state index contributed by atoms with van der Waals surface area (Å²) in [5.41, 5.74) is 5.86. The molecule has 16 heavy (non-hydrogen) atoms. The Labute approximate surface area is 104 Å². The Bertz CT molecular complexity index is 309. The van der Waals surface area contributed by atoms with E-state index < -0.39 is 0 Å². The average Bonchev–Trinajstić information content (AvgIpc) is 2.63. The van der Waals surface area contributed by atoms with Gasteiger partial charge in [-0.1, -0.05) is 27.7 Å². The first-order valence-electron chi connectivity index (χ1n) is 6.22. The maximum absolute atomic E-state index is 5.56. The number of thiophene rings is 1. The molecular formula is C14H25NS. The number of aryl methyl sites for hydroxylation is 1. The first-order valence-corrected chi connectivity index (χ1v) is 7.04. The summed E-state index contributed by atoms with van der Waals surface area (Å²) in [5, 5.41) is 0. The minimum Gasteiger partial charge on any atom is -0.330 e. The van der Waals surface area contributed by atoms with E-state index in [0.717, 1.165) is 18.9 Å². The van der Waals surface area contributed by atoms with Crippen molar-refractivity contribution in [3.05, 3.63) is 21.9 Å². The van der Waals surface area contributed by atoms with E-state index in [2.05, 4.69) is 39.8 Å². The minimum atomic E-state index is 0.297. The first-order chi connectivity index (χ1) is 7.43. The molecule has 1 rings (SSSR count). The Balaban J connectivity index is 2.47. The summed E-state index contributed by atoms with van der Waals surface area (Å²) in [4.78, 5) is 3.02. The van der Waals surface area contributed by atoms with Gasteiger partial charge in [0.15, 0.2) is 0 Å². The van der Waals surface area contributed by atoms with Crippen molar-refractivity contribution < 1.29 is 0 Å². The van der Waals surface area contributed by atoms with Crippen LogP contribution in [0.1, 0.15) is 50.3 Å². The number of hydrogen-bond acceptors (Lipinski definition) is 2. The van der Waals surface area contributed by atoms with Crippen molar-refractivity contribution in [3.63, 3.8) is 0 Å². The molecule has 1 heterocycles. The molecule has 1 atom stereocenters. The molecule has 0 aromatic carbocycles. The van der Waals surface area contributed by atoms with Gasteiger partial charge in [-0.25, -0.2) is 0 Å². The SMILES string of the molecule is CC(CCN)CCc1ccc(C(C)(C)C)s1. The highest BCUT2D eigenvalue weighted by Crippen LogP contribution is 2.30. The number of hydrogen-bond donors (Lipinski definition) is 1. The zero-order valence-corrected chi connectivity index (χ0v) is 11.9. The van der Waals surface area contributed by atoms with Crippen LogP contribution in [0, 0.1) is 5.92 Å². The summed E-state index contributed by atoms with van der Waals surface area (Å²) in [7, 11) is 0. The predicted molar refractivity (Wildman–Crippen MR) is 74.2 cm³/mol. The van der Waals surface area contributed by atoms with Gasteiger partial charge in [-0.05, 0) is 49.3 Å². The number of rotatable bonds is 5. The summed E-state index contributed by atoms with van der Waals surface area (Å²) in [6.07, 6.45) is 3.63. The van der Waals surface area contributed by atoms with Crippen molar-refractivity contribution in [2.24, 2.45) is 11.7 Å². The molecule has 0 fully saturated rings. The highest BCUT2D eigenvalue weighted by Gasteiger charge is 2.16. The second-order valence-corrected chi connectivity index (χ2v) is 6.91. The van der Waals surface area contributed by atoms with Crippen LogP contribution in [0.2, 0.25) is 0 Å². The molecule has 0 spiro atoms. The Morgan fingerprint density at radius 1 is 1.25 bits per heavy atom. The normalized spacial score (nSPS) is 14.1. The summed E-state index contributed by atoms with van der Waals surface area (Å²) >= 11 is 1.97. The fourth-order valence-corrected chi connectivity index (χ4v) is 2.81. The van der Waals surface area contributed by atoms with Crippen LogP contribution in [-0.4, -0.2) is 6.54 Å². The van der Waals surface area contributed by atoms with Crippen LogP contribution in [0.3, 0.4) is 0 Å². The predicted octanol–water partition coefficient (Wildman–Crippen LogP) is 3.96. The third-order valence-electron chi connectivity index (χ3n) is 2.94. The van der Waals surface area contributed by atoms with Crippen molar-refractivity contribution in [1.29, 1.82) is 0 Å².